The second kappa shape index (κ2) is 14.6. The second-order valence-corrected chi connectivity index (χ2v) is 15.9. The van der Waals surface area contributed by atoms with Gasteiger partial charge in [-0.05, 0) is 71.3 Å². The van der Waals surface area contributed by atoms with Crippen molar-refractivity contribution in [3.8, 4) is 11.8 Å². The summed E-state index contributed by atoms with van der Waals surface area (Å²) in [6.45, 7) is 1.72. The number of hydrogen-bond donors (Lipinski definition) is 0. The molecule has 7 rings (SSSR count). The van der Waals surface area contributed by atoms with Crippen molar-refractivity contribution in [1.82, 2.24) is 19.2 Å². The molecule has 1 aliphatic heterocycles. The molecular formula is C39H34N6O6S2. The molecule has 0 aliphatic carbocycles. The molecule has 1 amide bonds. The maximum absolute atomic E-state index is 14.4. The van der Waals surface area contributed by atoms with Crippen molar-refractivity contribution in [3.05, 3.63) is 133 Å². The van der Waals surface area contributed by atoms with Crippen LogP contribution in [-0.4, -0.2) is 81.2 Å². The van der Waals surface area contributed by atoms with Gasteiger partial charge in [-0.25, -0.2) is 18.4 Å². The number of hydrogen-bond acceptors (Lipinski definition) is 10. The summed E-state index contributed by atoms with van der Waals surface area (Å²) < 4.78 is 61.6. The predicted molar refractivity (Wildman–Crippen MR) is 200 cm³/mol. The number of nitrogens with zero attached hydrogens (tertiary/aromatic N) is 6. The van der Waals surface area contributed by atoms with Crippen molar-refractivity contribution < 1.29 is 25.8 Å². The summed E-state index contributed by atoms with van der Waals surface area (Å²) in [7, 11) is -7.20. The lowest BCUT2D eigenvalue weighted by atomic mass is 10.0. The monoisotopic (exact) mass is 746 g/mol. The number of aromatic nitrogens is 2. The highest BCUT2D eigenvalue weighted by Gasteiger charge is 2.38. The number of piperazine rings is 1. The Hall–Kier alpha value is -5.88. The second-order valence-electron chi connectivity index (χ2n) is 12.6. The number of sulfonamides is 1. The molecule has 0 N–H and O–H groups in total. The van der Waals surface area contributed by atoms with Crippen molar-refractivity contribution >= 4 is 53.3 Å². The fourth-order valence-electron chi connectivity index (χ4n) is 6.48. The van der Waals surface area contributed by atoms with Gasteiger partial charge in [-0.2, -0.15) is 18.0 Å². The lowest BCUT2D eigenvalue weighted by molar-refractivity contribution is -0.135. The van der Waals surface area contributed by atoms with Gasteiger partial charge in [0.05, 0.1) is 11.6 Å². The van der Waals surface area contributed by atoms with Gasteiger partial charge in [0, 0.05) is 62.1 Å². The average Bonchev–Trinajstić information content (AvgIpc) is 3.19. The van der Waals surface area contributed by atoms with E-state index in [1.54, 1.807) is 83.8 Å². The van der Waals surface area contributed by atoms with E-state index in [2.05, 4.69) is 20.9 Å². The topological polar surface area (TPSA) is 154 Å². The number of carbonyl (C=O) groups excluding carboxylic acids is 1. The van der Waals surface area contributed by atoms with Gasteiger partial charge < -0.3 is 14.0 Å². The normalized spacial score (nSPS) is 14.3. The first-order chi connectivity index (χ1) is 25.5. The van der Waals surface area contributed by atoms with Crippen molar-refractivity contribution in [3.63, 3.8) is 0 Å². The minimum atomic E-state index is -4.30. The van der Waals surface area contributed by atoms with E-state index in [1.807, 2.05) is 18.2 Å². The van der Waals surface area contributed by atoms with E-state index in [1.165, 1.54) is 31.6 Å². The molecule has 1 fully saturated rings. The van der Waals surface area contributed by atoms with Crippen LogP contribution in [-0.2, 0) is 31.4 Å². The maximum Gasteiger partial charge on any atom is 0.357 e. The maximum atomic E-state index is 14.4. The van der Waals surface area contributed by atoms with E-state index >= 15 is 0 Å². The zero-order valence-corrected chi connectivity index (χ0v) is 30.2. The van der Waals surface area contributed by atoms with Crippen LogP contribution in [0.4, 0.5) is 5.69 Å². The molecule has 12 nitrogen and oxygen atoms in total. The highest BCUT2D eigenvalue weighted by molar-refractivity contribution is 7.89. The highest BCUT2D eigenvalue weighted by Crippen LogP contribution is 2.28. The van der Waals surface area contributed by atoms with Gasteiger partial charge in [0.25, 0.3) is 10.0 Å². The number of fused-ring (bicyclic) bond motifs is 2. The van der Waals surface area contributed by atoms with Gasteiger partial charge in [-0.3, -0.25) is 4.79 Å². The first kappa shape index (κ1) is 35.5. The minimum absolute atomic E-state index is 0.00687. The summed E-state index contributed by atoms with van der Waals surface area (Å²) >= 11 is 0. The standard InChI is InChI=1S/C39H34N6O6S2/c1-43(52(47,48)37-34-8-4-2-6-30(34)18-20-41-37)36(39(46)45-24-22-44(23-25-45)32-14-10-29(27-40)11-15-32)26-28-12-16-33(17-13-28)51-53(49,50)38-35-9-5-3-7-31(35)19-21-42-38/h2-21,36H,22-26H2,1H3. The van der Waals surface area contributed by atoms with Crippen LogP contribution >= 0.6 is 0 Å². The van der Waals surface area contributed by atoms with Gasteiger partial charge in [0.2, 0.25) is 10.9 Å². The zero-order valence-electron chi connectivity index (χ0n) is 28.6. The molecule has 0 saturated carbocycles. The van der Waals surface area contributed by atoms with Gasteiger partial charge >= 0.3 is 10.1 Å². The zero-order chi connectivity index (χ0) is 37.2. The lowest BCUT2D eigenvalue weighted by Crippen LogP contribution is -2.56. The SMILES string of the molecule is CN(C(Cc1ccc(OS(=O)(=O)c2nccc3ccccc23)cc1)C(=O)N1CCN(c2ccc(C#N)cc2)CC1)S(=O)(=O)c1nccc2ccccc12. The Morgan fingerprint density at radius 3 is 1.94 bits per heavy atom. The van der Waals surface area contributed by atoms with Crippen LogP contribution in [0.1, 0.15) is 11.1 Å². The first-order valence-electron chi connectivity index (χ1n) is 16.8. The fraction of sp³-hybridized carbons (Fsp3) is 0.179. The Bertz CT molecular complexity index is 2560. The molecule has 6 aromatic rings. The van der Waals surface area contributed by atoms with Crippen LogP contribution in [0, 0.1) is 11.3 Å². The summed E-state index contributed by atoms with van der Waals surface area (Å²) in [4.78, 5) is 26.5. The number of pyridine rings is 2. The molecule has 1 atom stereocenters. The Balaban J connectivity index is 1.15. The van der Waals surface area contributed by atoms with Crippen LogP contribution < -0.4 is 9.08 Å². The highest BCUT2D eigenvalue weighted by atomic mass is 32.2. The van der Waals surface area contributed by atoms with Crippen molar-refractivity contribution in [2.24, 2.45) is 0 Å². The lowest BCUT2D eigenvalue weighted by Gasteiger charge is -2.39. The molecule has 1 saturated heterocycles. The van der Waals surface area contributed by atoms with Gasteiger partial charge in [0.1, 0.15) is 11.8 Å². The van der Waals surface area contributed by atoms with Crippen molar-refractivity contribution in [2.75, 3.05) is 38.1 Å². The molecule has 53 heavy (non-hydrogen) atoms. The molecule has 1 unspecified atom stereocenters. The summed E-state index contributed by atoms with van der Waals surface area (Å²) in [5, 5.41) is 11.1. The number of rotatable bonds is 10. The third-order valence-corrected chi connectivity index (χ3v) is 12.4. The van der Waals surface area contributed by atoms with E-state index in [4.69, 9.17) is 9.44 Å². The Kier molecular flexibility index (Phi) is 9.80. The molecule has 14 heteroatoms. The van der Waals surface area contributed by atoms with Crippen molar-refractivity contribution in [1.29, 1.82) is 5.26 Å². The fourth-order valence-corrected chi connectivity index (χ4v) is 9.00. The molecular weight excluding hydrogens is 713 g/mol. The molecule has 0 radical (unpaired) electrons. The molecule has 2 aromatic heterocycles. The number of benzene rings is 4. The van der Waals surface area contributed by atoms with Gasteiger partial charge in [-0.1, -0.05) is 60.7 Å². The minimum Gasteiger partial charge on any atom is -0.378 e. The van der Waals surface area contributed by atoms with Crippen LogP contribution in [0.25, 0.3) is 21.5 Å². The van der Waals surface area contributed by atoms with E-state index in [0.717, 1.165) is 9.99 Å². The first-order valence-corrected chi connectivity index (χ1v) is 19.6. The Morgan fingerprint density at radius 1 is 0.774 bits per heavy atom. The molecule has 0 bridgehead atoms. The molecule has 0 spiro atoms. The summed E-state index contributed by atoms with van der Waals surface area (Å²) in [5.41, 5.74) is 2.06. The number of carbonyl (C=O) groups is 1. The summed E-state index contributed by atoms with van der Waals surface area (Å²) in [6.07, 6.45) is 2.83. The predicted octanol–water partition coefficient (Wildman–Crippen LogP) is 5.00. The number of amides is 1. The third kappa shape index (κ3) is 7.27. The number of likely N-dealkylation sites (N-methyl/N-ethyl adjacent to an activating group) is 1. The van der Waals surface area contributed by atoms with E-state index in [0.29, 0.717) is 58.9 Å². The molecule has 4 aromatic carbocycles. The largest absolute Gasteiger partial charge is 0.378 e. The molecule has 1 aliphatic rings. The van der Waals surface area contributed by atoms with E-state index < -0.39 is 26.2 Å². The number of nitriles is 1. The third-order valence-electron chi connectivity index (χ3n) is 9.37. The summed E-state index contributed by atoms with van der Waals surface area (Å²) in [6, 6.07) is 31.8. The molecule has 3 heterocycles. The van der Waals surface area contributed by atoms with Crippen LogP contribution in [0.5, 0.6) is 5.75 Å². The van der Waals surface area contributed by atoms with Crippen LogP contribution in [0.15, 0.2) is 132 Å². The average molecular weight is 747 g/mol. The Labute approximate surface area is 307 Å². The van der Waals surface area contributed by atoms with Crippen LogP contribution in [0.2, 0.25) is 0 Å². The smallest absolute Gasteiger partial charge is 0.357 e. The molecule has 268 valence electrons. The number of anilines is 1. The van der Waals surface area contributed by atoms with Crippen molar-refractivity contribution in [2.45, 2.75) is 22.5 Å². The quantitative estimate of drug-likeness (QED) is 0.175. The van der Waals surface area contributed by atoms with E-state index in [-0.39, 0.29) is 28.1 Å². The van der Waals surface area contributed by atoms with Gasteiger partial charge in [0.15, 0.2) is 5.03 Å². The van der Waals surface area contributed by atoms with Gasteiger partial charge in [-0.15, -0.1) is 0 Å². The Morgan fingerprint density at radius 2 is 1.34 bits per heavy atom. The van der Waals surface area contributed by atoms with Crippen LogP contribution in [0.3, 0.4) is 0 Å². The van der Waals surface area contributed by atoms with E-state index in [9.17, 15) is 21.6 Å². The summed E-state index contributed by atoms with van der Waals surface area (Å²) in [5.74, 6) is -0.341.